The van der Waals surface area contributed by atoms with Gasteiger partial charge in [-0.3, -0.25) is 4.79 Å². The lowest BCUT2D eigenvalue weighted by Crippen LogP contribution is -2.37. The van der Waals surface area contributed by atoms with Crippen LogP contribution in [0.2, 0.25) is 0 Å². The van der Waals surface area contributed by atoms with Crippen LogP contribution in [-0.2, 0) is 13.0 Å². The second-order valence-corrected chi connectivity index (χ2v) is 5.45. The number of fused-ring (bicyclic) bond motifs is 1. The maximum Gasteiger partial charge on any atom is 0.254 e. The second-order valence-electron chi connectivity index (χ2n) is 5.45. The van der Waals surface area contributed by atoms with Crippen molar-refractivity contribution < 1.29 is 9.32 Å². The van der Waals surface area contributed by atoms with Crippen LogP contribution < -0.4 is 0 Å². The molecule has 20 heavy (non-hydrogen) atoms. The molecule has 4 rings (SSSR count). The Labute approximate surface area is 116 Å². The van der Waals surface area contributed by atoms with Gasteiger partial charge in [0.15, 0.2) is 5.82 Å². The van der Waals surface area contributed by atoms with E-state index in [9.17, 15) is 4.79 Å². The number of hydrogen-bond acceptors (Lipinski definition) is 4. The van der Waals surface area contributed by atoms with Crippen LogP contribution in [-0.4, -0.2) is 27.5 Å². The molecule has 0 unspecified atom stereocenters. The molecule has 0 bridgehead atoms. The number of carbonyl (C=O) groups excluding carboxylic acids is 1. The summed E-state index contributed by atoms with van der Waals surface area (Å²) in [6, 6.07) is 7.77. The van der Waals surface area contributed by atoms with E-state index in [1.165, 1.54) is 0 Å². The maximum atomic E-state index is 12.4. The molecule has 2 aromatic rings. The Balaban J connectivity index is 1.53. The molecule has 0 saturated heterocycles. The zero-order valence-electron chi connectivity index (χ0n) is 11.1. The van der Waals surface area contributed by atoms with Gasteiger partial charge in [0, 0.05) is 18.0 Å². The maximum absolute atomic E-state index is 12.4. The van der Waals surface area contributed by atoms with Crippen LogP contribution in [0, 0.1) is 0 Å². The summed E-state index contributed by atoms with van der Waals surface area (Å²) in [5, 5.41) is 3.99. The Hall–Kier alpha value is -2.17. The highest BCUT2D eigenvalue weighted by Crippen LogP contribution is 2.38. The van der Waals surface area contributed by atoms with Crippen LogP contribution in [0.3, 0.4) is 0 Å². The molecule has 0 spiro atoms. The zero-order chi connectivity index (χ0) is 13.5. The molecule has 0 N–H and O–H groups in total. The smallest absolute Gasteiger partial charge is 0.254 e. The summed E-state index contributed by atoms with van der Waals surface area (Å²) in [5.74, 6) is 1.87. The normalized spacial score (nSPS) is 18.2. The van der Waals surface area contributed by atoms with Crippen molar-refractivity contribution in [2.75, 3.05) is 6.54 Å². The molecule has 102 valence electrons. The molecule has 0 atom stereocenters. The summed E-state index contributed by atoms with van der Waals surface area (Å²) in [6.07, 6.45) is 3.18. The largest absolute Gasteiger partial charge is 0.337 e. The fourth-order valence-electron chi connectivity index (χ4n) is 2.63. The van der Waals surface area contributed by atoms with E-state index in [4.69, 9.17) is 4.52 Å². The summed E-state index contributed by atoms with van der Waals surface area (Å²) in [6.45, 7) is 1.11. The summed E-state index contributed by atoms with van der Waals surface area (Å²) in [5.41, 5.74) is 1.92. The van der Waals surface area contributed by atoms with E-state index in [1.807, 2.05) is 24.3 Å². The van der Waals surface area contributed by atoms with Crippen molar-refractivity contribution in [3.8, 4) is 0 Å². The molecule has 0 radical (unpaired) electrons. The number of aromatic nitrogens is 2. The first kappa shape index (κ1) is 11.6. The van der Waals surface area contributed by atoms with Crippen LogP contribution in [0.1, 0.15) is 46.4 Å². The Morgan fingerprint density at radius 2 is 2.15 bits per heavy atom. The minimum atomic E-state index is 0.0537. The van der Waals surface area contributed by atoms with Gasteiger partial charge in [0.2, 0.25) is 5.89 Å². The highest BCUT2D eigenvalue weighted by molar-refractivity contribution is 5.96. The lowest BCUT2D eigenvalue weighted by Gasteiger charge is -2.27. The quantitative estimate of drug-likeness (QED) is 0.856. The van der Waals surface area contributed by atoms with Crippen molar-refractivity contribution in [1.82, 2.24) is 15.0 Å². The number of carbonyl (C=O) groups is 1. The molecule has 1 fully saturated rings. The van der Waals surface area contributed by atoms with Crippen molar-refractivity contribution in [3.05, 3.63) is 47.1 Å². The van der Waals surface area contributed by atoms with Crippen molar-refractivity contribution in [2.45, 2.75) is 31.7 Å². The van der Waals surface area contributed by atoms with Gasteiger partial charge in [-0.25, -0.2) is 0 Å². The molecule has 1 saturated carbocycles. The Morgan fingerprint density at radius 1 is 1.30 bits per heavy atom. The molecular formula is C15H15N3O2. The lowest BCUT2D eigenvalue weighted by molar-refractivity contribution is 0.0707. The van der Waals surface area contributed by atoms with E-state index >= 15 is 0 Å². The van der Waals surface area contributed by atoms with Crippen LogP contribution in [0.15, 0.2) is 28.8 Å². The number of hydrogen-bond donors (Lipinski definition) is 0. The molecule has 1 amide bonds. The first-order chi connectivity index (χ1) is 9.81. The lowest BCUT2D eigenvalue weighted by atomic mass is 9.99. The van der Waals surface area contributed by atoms with E-state index in [-0.39, 0.29) is 5.91 Å². The Bertz CT molecular complexity index is 661. The number of benzene rings is 1. The van der Waals surface area contributed by atoms with Gasteiger partial charge in [0.1, 0.15) is 6.54 Å². The number of nitrogens with zero attached hydrogens (tertiary/aromatic N) is 3. The van der Waals surface area contributed by atoms with Crippen molar-refractivity contribution in [1.29, 1.82) is 0 Å². The van der Waals surface area contributed by atoms with E-state index in [0.29, 0.717) is 24.9 Å². The molecule has 2 heterocycles. The topological polar surface area (TPSA) is 59.2 Å². The van der Waals surface area contributed by atoms with Crippen molar-refractivity contribution in [2.24, 2.45) is 0 Å². The number of amides is 1. The first-order valence-electron chi connectivity index (χ1n) is 7.01. The summed E-state index contributed by atoms with van der Waals surface area (Å²) < 4.78 is 5.25. The van der Waals surface area contributed by atoms with Crippen molar-refractivity contribution >= 4 is 5.91 Å². The fourth-order valence-corrected chi connectivity index (χ4v) is 2.63. The third kappa shape index (κ3) is 1.99. The highest BCUT2D eigenvalue weighted by atomic mass is 16.5. The Morgan fingerprint density at radius 3 is 3.00 bits per heavy atom. The molecular weight excluding hydrogens is 254 g/mol. The molecule has 2 aliphatic rings. The molecule has 1 aliphatic carbocycles. The predicted octanol–water partition coefficient (Wildman–Crippen LogP) is 2.15. The van der Waals surface area contributed by atoms with Gasteiger partial charge < -0.3 is 9.42 Å². The van der Waals surface area contributed by atoms with E-state index in [0.717, 1.165) is 36.2 Å². The monoisotopic (exact) mass is 269 g/mol. The summed E-state index contributed by atoms with van der Waals surface area (Å²) >= 11 is 0. The van der Waals surface area contributed by atoms with Crippen molar-refractivity contribution in [3.63, 3.8) is 0 Å². The van der Waals surface area contributed by atoms with Gasteiger partial charge >= 0.3 is 0 Å². The standard InChI is InChI=1S/C15H15N3O2/c19-15-12-4-2-1-3-10(12)7-8-18(15)9-13-16-14(17-20-13)11-5-6-11/h1-4,11H,5-9H2. The van der Waals surface area contributed by atoms with Crippen LogP contribution in [0.4, 0.5) is 0 Å². The predicted molar refractivity (Wildman–Crippen MR) is 71.2 cm³/mol. The van der Waals surface area contributed by atoms with Gasteiger partial charge in [-0.1, -0.05) is 23.4 Å². The molecule has 1 aliphatic heterocycles. The Kier molecular flexibility index (Phi) is 2.58. The minimum absolute atomic E-state index is 0.0537. The molecule has 5 nitrogen and oxygen atoms in total. The first-order valence-corrected chi connectivity index (χ1v) is 7.01. The van der Waals surface area contributed by atoms with Gasteiger partial charge in [-0.05, 0) is 30.9 Å². The molecule has 1 aromatic carbocycles. The van der Waals surface area contributed by atoms with Gasteiger partial charge in [-0.15, -0.1) is 0 Å². The fraction of sp³-hybridized carbons (Fsp3) is 0.400. The zero-order valence-corrected chi connectivity index (χ0v) is 11.1. The summed E-state index contributed by atoms with van der Waals surface area (Å²) in [7, 11) is 0. The van der Waals surface area contributed by atoms with E-state index in [2.05, 4.69) is 10.1 Å². The molecule has 5 heteroatoms. The minimum Gasteiger partial charge on any atom is -0.337 e. The van der Waals surface area contributed by atoms with Gasteiger partial charge in [0.25, 0.3) is 5.91 Å². The number of rotatable bonds is 3. The van der Waals surface area contributed by atoms with Gasteiger partial charge in [-0.2, -0.15) is 4.98 Å². The molecule has 1 aromatic heterocycles. The van der Waals surface area contributed by atoms with Crippen LogP contribution in [0.5, 0.6) is 0 Å². The highest BCUT2D eigenvalue weighted by Gasteiger charge is 2.30. The van der Waals surface area contributed by atoms with Gasteiger partial charge in [0.05, 0.1) is 0 Å². The van der Waals surface area contributed by atoms with Crippen LogP contribution >= 0.6 is 0 Å². The second kappa shape index (κ2) is 4.44. The average Bonchev–Trinajstić information content (AvgIpc) is 3.23. The summed E-state index contributed by atoms with van der Waals surface area (Å²) in [4.78, 5) is 18.6. The SMILES string of the molecule is O=C1c2ccccc2CCN1Cc1nc(C2CC2)no1. The average molecular weight is 269 g/mol. The third-order valence-electron chi connectivity index (χ3n) is 3.94. The van der Waals surface area contributed by atoms with E-state index < -0.39 is 0 Å². The van der Waals surface area contributed by atoms with Crippen LogP contribution in [0.25, 0.3) is 0 Å². The van der Waals surface area contributed by atoms with E-state index in [1.54, 1.807) is 4.90 Å². The third-order valence-corrected chi connectivity index (χ3v) is 3.94.